The number of nitrogens with zero attached hydrogens (tertiary/aromatic N) is 1. The van der Waals surface area contributed by atoms with Gasteiger partial charge in [0.25, 0.3) is 5.69 Å². The van der Waals surface area contributed by atoms with Crippen LogP contribution in [0.5, 0.6) is 0 Å². The molecule has 1 rings (SSSR count). The van der Waals surface area contributed by atoms with Crippen LogP contribution in [-0.2, 0) is 0 Å². The van der Waals surface area contributed by atoms with Gasteiger partial charge in [-0.2, -0.15) is 0 Å². The van der Waals surface area contributed by atoms with Crippen LogP contribution in [0.1, 0.15) is 19.4 Å². The summed E-state index contributed by atoms with van der Waals surface area (Å²) in [6.07, 6.45) is 1.87. The summed E-state index contributed by atoms with van der Waals surface area (Å²) >= 11 is 5.74. The second-order valence-corrected chi connectivity index (χ2v) is 4.45. The van der Waals surface area contributed by atoms with Crippen LogP contribution in [0.2, 0.25) is 5.02 Å². The second kappa shape index (κ2) is 5.80. The van der Waals surface area contributed by atoms with Gasteiger partial charge in [0.05, 0.1) is 4.92 Å². The molecule has 0 aliphatic heterocycles. The van der Waals surface area contributed by atoms with Crippen molar-refractivity contribution in [3.8, 4) is 0 Å². The predicted molar refractivity (Wildman–Crippen MR) is 70.0 cm³/mol. The van der Waals surface area contributed by atoms with Crippen LogP contribution in [0, 0.1) is 16.0 Å². The van der Waals surface area contributed by atoms with E-state index in [1.54, 1.807) is 6.07 Å². The highest BCUT2D eigenvalue weighted by Gasteiger charge is 2.12. The summed E-state index contributed by atoms with van der Waals surface area (Å²) < 4.78 is 0. The predicted octanol–water partition coefficient (Wildman–Crippen LogP) is 3.25. The summed E-state index contributed by atoms with van der Waals surface area (Å²) in [5.74, 6) is 0.315. The smallest absolute Gasteiger partial charge is 0.288 e. The molecule has 0 bridgehead atoms. The highest BCUT2D eigenvalue weighted by atomic mass is 35.5. The van der Waals surface area contributed by atoms with E-state index in [2.05, 4.69) is 0 Å². The fourth-order valence-corrected chi connectivity index (χ4v) is 1.62. The zero-order chi connectivity index (χ0) is 13.0. The van der Waals surface area contributed by atoms with Crippen LogP contribution >= 0.6 is 11.6 Å². The second-order valence-electron chi connectivity index (χ2n) is 4.05. The Kier molecular flexibility index (Phi) is 4.66. The Labute approximate surface area is 105 Å². The van der Waals surface area contributed by atoms with Gasteiger partial charge in [0.15, 0.2) is 0 Å². The number of nitro groups is 1. The molecule has 0 atom stereocenters. The van der Waals surface area contributed by atoms with Crippen LogP contribution in [0.4, 0.5) is 5.69 Å². The highest BCUT2D eigenvalue weighted by molar-refractivity contribution is 6.32. The molecule has 0 fully saturated rings. The first kappa shape index (κ1) is 13.7. The van der Waals surface area contributed by atoms with Gasteiger partial charge in [0.2, 0.25) is 0 Å². The number of rotatable bonds is 4. The minimum atomic E-state index is -0.489. The molecule has 1 aromatic rings. The number of nitrogens with two attached hydrogens (primary N) is 1. The van der Waals surface area contributed by atoms with Crippen LogP contribution in [0.25, 0.3) is 6.08 Å². The van der Waals surface area contributed by atoms with Crippen molar-refractivity contribution in [1.82, 2.24) is 0 Å². The molecule has 0 aliphatic rings. The molecule has 5 heteroatoms. The summed E-state index contributed by atoms with van der Waals surface area (Å²) in [5, 5.41) is 10.9. The van der Waals surface area contributed by atoms with Gasteiger partial charge in [-0.1, -0.05) is 43.2 Å². The third-order valence-electron chi connectivity index (χ3n) is 2.50. The number of benzene rings is 1. The molecule has 0 unspecified atom stereocenters. The van der Waals surface area contributed by atoms with Crippen molar-refractivity contribution < 1.29 is 4.92 Å². The molecule has 4 nitrogen and oxygen atoms in total. The van der Waals surface area contributed by atoms with E-state index in [0.717, 1.165) is 11.1 Å². The normalized spacial score (nSPS) is 11.9. The fraction of sp³-hybridized carbons (Fsp3) is 0.333. The molecule has 92 valence electrons. The Balaban J connectivity index is 3.16. The average Bonchev–Trinajstić information content (AvgIpc) is 2.27. The van der Waals surface area contributed by atoms with Crippen LogP contribution < -0.4 is 5.73 Å². The molecule has 0 radical (unpaired) electrons. The lowest BCUT2D eigenvalue weighted by Gasteiger charge is -2.08. The first-order chi connectivity index (χ1) is 7.95. The van der Waals surface area contributed by atoms with Gasteiger partial charge in [0, 0.05) is 12.6 Å². The van der Waals surface area contributed by atoms with Crippen LogP contribution in [0.3, 0.4) is 0 Å². The van der Waals surface area contributed by atoms with Gasteiger partial charge in [0.1, 0.15) is 5.02 Å². The quantitative estimate of drug-likeness (QED) is 0.662. The van der Waals surface area contributed by atoms with E-state index in [-0.39, 0.29) is 10.7 Å². The third kappa shape index (κ3) is 3.54. The molecule has 0 aromatic heterocycles. The molecular weight excluding hydrogens is 240 g/mol. The lowest BCUT2D eigenvalue weighted by Crippen LogP contribution is -2.08. The molecule has 0 aliphatic carbocycles. The number of halogens is 1. The van der Waals surface area contributed by atoms with E-state index < -0.39 is 4.92 Å². The summed E-state index contributed by atoms with van der Waals surface area (Å²) in [6, 6.07) is 4.73. The van der Waals surface area contributed by atoms with E-state index in [0.29, 0.717) is 12.5 Å². The van der Waals surface area contributed by atoms with Crippen LogP contribution in [-0.4, -0.2) is 11.5 Å². The largest absolute Gasteiger partial charge is 0.327 e. The van der Waals surface area contributed by atoms with Gasteiger partial charge in [-0.05, 0) is 17.5 Å². The van der Waals surface area contributed by atoms with Gasteiger partial charge in [-0.25, -0.2) is 0 Å². The summed E-state index contributed by atoms with van der Waals surface area (Å²) in [6.45, 7) is 4.50. The molecule has 0 saturated carbocycles. The van der Waals surface area contributed by atoms with E-state index in [9.17, 15) is 10.1 Å². The molecule has 0 amide bonds. The Bertz CT molecular complexity index is 456. The molecule has 2 N–H and O–H groups in total. The van der Waals surface area contributed by atoms with Crippen LogP contribution in [0.15, 0.2) is 23.8 Å². The van der Waals surface area contributed by atoms with Gasteiger partial charge >= 0.3 is 0 Å². The van der Waals surface area contributed by atoms with E-state index >= 15 is 0 Å². The average molecular weight is 255 g/mol. The lowest BCUT2D eigenvalue weighted by atomic mass is 10.0. The van der Waals surface area contributed by atoms with Gasteiger partial charge < -0.3 is 5.73 Å². The van der Waals surface area contributed by atoms with Crippen molar-refractivity contribution in [1.29, 1.82) is 0 Å². The SMILES string of the molecule is CC(C)C(=Cc1ccc(Cl)c([N+](=O)[O-])c1)CN. The summed E-state index contributed by atoms with van der Waals surface area (Å²) in [5.41, 5.74) is 7.33. The topological polar surface area (TPSA) is 69.2 Å². The maximum Gasteiger partial charge on any atom is 0.288 e. The van der Waals surface area contributed by atoms with Gasteiger partial charge in [-0.15, -0.1) is 0 Å². The first-order valence-electron chi connectivity index (χ1n) is 5.30. The Morgan fingerprint density at radius 3 is 2.71 bits per heavy atom. The first-order valence-corrected chi connectivity index (χ1v) is 5.68. The third-order valence-corrected chi connectivity index (χ3v) is 2.82. The van der Waals surface area contributed by atoms with E-state index in [4.69, 9.17) is 17.3 Å². The van der Waals surface area contributed by atoms with Crippen molar-refractivity contribution in [2.45, 2.75) is 13.8 Å². The summed E-state index contributed by atoms with van der Waals surface area (Å²) in [4.78, 5) is 10.2. The van der Waals surface area contributed by atoms with Crippen molar-refractivity contribution in [3.63, 3.8) is 0 Å². The van der Waals surface area contributed by atoms with E-state index in [1.165, 1.54) is 12.1 Å². The highest BCUT2D eigenvalue weighted by Crippen LogP contribution is 2.26. The maximum absolute atomic E-state index is 10.7. The van der Waals surface area contributed by atoms with E-state index in [1.807, 2.05) is 19.9 Å². The zero-order valence-electron chi connectivity index (χ0n) is 9.81. The number of hydrogen-bond acceptors (Lipinski definition) is 3. The maximum atomic E-state index is 10.7. The van der Waals surface area contributed by atoms with Gasteiger partial charge in [-0.3, -0.25) is 10.1 Å². The minimum absolute atomic E-state index is 0.0828. The number of nitro benzene ring substituents is 1. The zero-order valence-corrected chi connectivity index (χ0v) is 10.6. The van der Waals surface area contributed by atoms with Crippen molar-refractivity contribution in [3.05, 3.63) is 44.5 Å². The Morgan fingerprint density at radius 2 is 2.24 bits per heavy atom. The molecule has 0 spiro atoms. The number of hydrogen-bond donors (Lipinski definition) is 1. The molecule has 1 aromatic carbocycles. The minimum Gasteiger partial charge on any atom is -0.327 e. The Morgan fingerprint density at radius 1 is 1.59 bits per heavy atom. The van der Waals surface area contributed by atoms with Crippen molar-refractivity contribution in [2.75, 3.05) is 6.54 Å². The Hall–Kier alpha value is -1.39. The molecular formula is C12H15ClN2O2. The molecule has 17 heavy (non-hydrogen) atoms. The standard InChI is InChI=1S/C12H15ClN2O2/c1-8(2)10(7-14)5-9-3-4-11(13)12(6-9)15(16)17/h3-6,8H,7,14H2,1-2H3. The molecule has 0 heterocycles. The lowest BCUT2D eigenvalue weighted by molar-refractivity contribution is -0.384. The fourth-order valence-electron chi connectivity index (χ4n) is 1.43. The summed E-state index contributed by atoms with van der Waals surface area (Å²) in [7, 11) is 0. The monoisotopic (exact) mass is 254 g/mol. The van der Waals surface area contributed by atoms with Crippen molar-refractivity contribution >= 4 is 23.4 Å². The molecule has 0 saturated heterocycles. The van der Waals surface area contributed by atoms with Crippen molar-refractivity contribution in [2.24, 2.45) is 11.7 Å².